The summed E-state index contributed by atoms with van der Waals surface area (Å²) in [5, 5.41) is 0. The molecule has 0 saturated carbocycles. The van der Waals surface area contributed by atoms with Crippen molar-refractivity contribution < 1.29 is 28.1 Å². The largest absolute Gasteiger partial charge is 0.476 e. The maximum atomic E-state index is 11.4. The number of nitrogen functional groups attached to an aromatic ring is 1. The summed E-state index contributed by atoms with van der Waals surface area (Å²) in [5.74, 6) is 0.330. The summed E-state index contributed by atoms with van der Waals surface area (Å²) in [7, 11) is -9.54. The predicted octanol–water partition coefficient (Wildman–Crippen LogP) is 0.162. The summed E-state index contributed by atoms with van der Waals surface area (Å²) in [6.45, 7) is 1.57. The molecule has 1 aromatic heterocycles. The van der Waals surface area contributed by atoms with Crippen molar-refractivity contribution in [3.63, 3.8) is 0 Å². The maximum Gasteiger partial charge on any atom is 0.476 e. The Hall–Kier alpha value is -0.820. The van der Waals surface area contributed by atoms with Crippen LogP contribution in [0.3, 0.4) is 0 Å². The van der Waals surface area contributed by atoms with Crippen molar-refractivity contribution >= 4 is 21.2 Å². The maximum absolute atomic E-state index is 11.4. The van der Waals surface area contributed by atoms with E-state index in [9.17, 15) is 14.0 Å². The minimum absolute atomic E-state index is 0.0407. The number of hydrogen-bond acceptors (Lipinski definition) is 6. The molecular weight excluding hydrogens is 272 g/mol. The van der Waals surface area contributed by atoms with Gasteiger partial charge < -0.3 is 20.4 Å². The molecule has 0 spiro atoms. The van der Waals surface area contributed by atoms with Gasteiger partial charge in [0.1, 0.15) is 11.6 Å². The van der Waals surface area contributed by atoms with Crippen molar-refractivity contribution in [3.8, 4) is 0 Å². The number of nitrogens with two attached hydrogens (primary N) is 1. The molecule has 0 bridgehead atoms. The molecule has 0 aliphatic rings. The van der Waals surface area contributed by atoms with E-state index in [1.165, 1.54) is 6.20 Å². The Morgan fingerprint density at radius 2 is 2.00 bits per heavy atom. The van der Waals surface area contributed by atoms with Gasteiger partial charge in [0.15, 0.2) is 0 Å². The van der Waals surface area contributed by atoms with Crippen LogP contribution >= 0.6 is 15.4 Å². The van der Waals surface area contributed by atoms with E-state index in [-0.39, 0.29) is 11.4 Å². The highest BCUT2D eigenvalue weighted by Gasteiger charge is 2.31. The van der Waals surface area contributed by atoms with Crippen molar-refractivity contribution in [2.24, 2.45) is 0 Å². The van der Waals surface area contributed by atoms with Crippen molar-refractivity contribution in [1.82, 2.24) is 9.97 Å². The quantitative estimate of drug-likeness (QED) is 0.565. The first kappa shape index (κ1) is 14.2. The Morgan fingerprint density at radius 3 is 2.47 bits per heavy atom. The van der Waals surface area contributed by atoms with E-state index in [1.54, 1.807) is 6.92 Å². The molecular formula is C6H11N3O6P2. The number of aromatic nitrogens is 2. The van der Waals surface area contributed by atoms with Gasteiger partial charge in [0.05, 0.1) is 6.16 Å². The van der Waals surface area contributed by atoms with Gasteiger partial charge >= 0.3 is 15.4 Å². The number of aryl methyl sites for hydroxylation is 1. The van der Waals surface area contributed by atoms with Crippen LogP contribution in [0.2, 0.25) is 0 Å². The van der Waals surface area contributed by atoms with Crippen LogP contribution in [0.5, 0.6) is 0 Å². The Labute approximate surface area is 96.4 Å². The predicted molar refractivity (Wildman–Crippen MR) is 57.8 cm³/mol. The molecule has 0 aliphatic carbocycles. The number of anilines is 1. The van der Waals surface area contributed by atoms with Crippen molar-refractivity contribution in [3.05, 3.63) is 17.6 Å². The van der Waals surface area contributed by atoms with Gasteiger partial charge in [-0.2, -0.15) is 0 Å². The lowest BCUT2D eigenvalue weighted by atomic mass is 10.3. The zero-order valence-corrected chi connectivity index (χ0v) is 10.5. The highest BCUT2D eigenvalue weighted by molar-refractivity contribution is 7.63. The van der Waals surface area contributed by atoms with Crippen molar-refractivity contribution in [1.29, 1.82) is 0 Å². The van der Waals surface area contributed by atoms with Crippen molar-refractivity contribution in [2.75, 3.05) is 5.73 Å². The van der Waals surface area contributed by atoms with Gasteiger partial charge in [-0.05, 0) is 6.92 Å². The zero-order valence-electron chi connectivity index (χ0n) is 8.72. The van der Waals surface area contributed by atoms with E-state index in [0.717, 1.165) is 0 Å². The summed E-state index contributed by atoms with van der Waals surface area (Å²) >= 11 is 0. The fourth-order valence-corrected chi connectivity index (χ4v) is 3.28. The monoisotopic (exact) mass is 283 g/mol. The second-order valence-electron chi connectivity index (χ2n) is 3.20. The average molecular weight is 283 g/mol. The van der Waals surface area contributed by atoms with E-state index >= 15 is 0 Å². The summed E-state index contributed by atoms with van der Waals surface area (Å²) in [4.78, 5) is 33.6. The molecule has 5 N–H and O–H groups in total. The first-order valence-corrected chi connectivity index (χ1v) is 7.55. The Bertz CT molecular complexity index is 514. The average Bonchev–Trinajstić information content (AvgIpc) is 2.05. The zero-order chi connectivity index (χ0) is 13.3. The van der Waals surface area contributed by atoms with Gasteiger partial charge in [-0.3, -0.25) is 4.57 Å². The topological polar surface area (TPSA) is 156 Å². The van der Waals surface area contributed by atoms with Crippen LogP contribution in [0, 0.1) is 6.92 Å². The lowest BCUT2D eigenvalue weighted by Crippen LogP contribution is -2.02. The molecule has 9 nitrogen and oxygen atoms in total. The molecule has 0 radical (unpaired) electrons. The van der Waals surface area contributed by atoms with Gasteiger partial charge in [0.2, 0.25) is 0 Å². The third-order valence-electron chi connectivity index (χ3n) is 1.62. The molecule has 0 fully saturated rings. The molecule has 0 saturated heterocycles. The number of hydrogen-bond donors (Lipinski definition) is 4. The molecule has 0 aliphatic heterocycles. The molecule has 0 amide bonds. The second kappa shape index (κ2) is 4.81. The van der Waals surface area contributed by atoms with Gasteiger partial charge in [-0.1, -0.05) is 0 Å². The fourth-order valence-electron chi connectivity index (χ4n) is 1.04. The molecule has 1 heterocycles. The van der Waals surface area contributed by atoms with Crippen LogP contribution in [0.1, 0.15) is 11.4 Å². The van der Waals surface area contributed by atoms with E-state index in [0.29, 0.717) is 5.82 Å². The highest BCUT2D eigenvalue weighted by Crippen LogP contribution is 2.58. The van der Waals surface area contributed by atoms with E-state index in [1.807, 2.05) is 0 Å². The summed E-state index contributed by atoms with van der Waals surface area (Å²) in [6, 6.07) is 0. The van der Waals surface area contributed by atoms with Crippen LogP contribution in [0.4, 0.5) is 5.82 Å². The molecule has 1 rings (SSSR count). The smallest absolute Gasteiger partial charge is 0.383 e. The van der Waals surface area contributed by atoms with Gasteiger partial charge in [-0.25, -0.2) is 18.8 Å². The second-order valence-corrected chi connectivity index (χ2v) is 6.42. The highest BCUT2D eigenvalue weighted by atomic mass is 31.3. The standard InChI is InChI=1S/C6H11N3O6P2/c1-4-8-2-5(6(7)9-4)3-16(10,11)15-17(12,13)14/h2H,3H2,1H3,(H,10,11)(H2,7,8,9)(H2,12,13,14). The third-order valence-corrected chi connectivity index (χ3v) is 4.23. The molecule has 0 aromatic carbocycles. The molecule has 1 aromatic rings. The Kier molecular flexibility index (Phi) is 4.03. The van der Waals surface area contributed by atoms with E-state index in [2.05, 4.69) is 14.3 Å². The number of nitrogens with zero attached hydrogens (tertiary/aromatic N) is 2. The molecule has 96 valence electrons. The number of rotatable bonds is 4. The van der Waals surface area contributed by atoms with E-state index in [4.69, 9.17) is 15.5 Å². The molecule has 11 heteroatoms. The lowest BCUT2D eigenvalue weighted by molar-refractivity contribution is 0.263. The summed E-state index contributed by atoms with van der Waals surface area (Å²) in [5.41, 5.74) is 5.54. The minimum atomic E-state index is -5.04. The SMILES string of the molecule is Cc1ncc(CP(=O)(O)OP(=O)(O)O)c(N)n1. The number of phosphoric acid groups is 1. The third kappa shape index (κ3) is 4.91. The lowest BCUT2D eigenvalue weighted by Gasteiger charge is -2.13. The van der Waals surface area contributed by atoms with Crippen LogP contribution in [-0.2, 0) is 19.6 Å². The molecule has 17 heavy (non-hydrogen) atoms. The van der Waals surface area contributed by atoms with E-state index < -0.39 is 21.6 Å². The van der Waals surface area contributed by atoms with Gasteiger partial charge in [0.25, 0.3) is 0 Å². The van der Waals surface area contributed by atoms with Crippen LogP contribution in [0.15, 0.2) is 6.20 Å². The van der Waals surface area contributed by atoms with Crippen LogP contribution < -0.4 is 5.73 Å². The summed E-state index contributed by atoms with van der Waals surface area (Å²) < 4.78 is 25.6. The van der Waals surface area contributed by atoms with Gasteiger partial charge in [0, 0.05) is 11.8 Å². The van der Waals surface area contributed by atoms with Crippen molar-refractivity contribution in [2.45, 2.75) is 13.1 Å². The Morgan fingerprint density at radius 1 is 1.41 bits per heavy atom. The first-order chi connectivity index (χ1) is 7.59. The van der Waals surface area contributed by atoms with Gasteiger partial charge in [-0.15, -0.1) is 0 Å². The summed E-state index contributed by atoms with van der Waals surface area (Å²) in [6.07, 6.45) is 0.522. The molecule has 1 unspecified atom stereocenters. The fraction of sp³-hybridized carbons (Fsp3) is 0.333. The Balaban J connectivity index is 2.90. The first-order valence-electron chi connectivity index (χ1n) is 4.26. The molecule has 1 atom stereocenters. The minimum Gasteiger partial charge on any atom is -0.383 e. The van der Waals surface area contributed by atoms with Crippen LogP contribution in [-0.4, -0.2) is 24.6 Å². The van der Waals surface area contributed by atoms with Crippen LogP contribution in [0.25, 0.3) is 0 Å². The normalized spacial score (nSPS) is 15.5.